The molecule has 0 aromatic heterocycles. The van der Waals surface area contributed by atoms with Crippen molar-refractivity contribution in [1.82, 2.24) is 0 Å². The summed E-state index contributed by atoms with van der Waals surface area (Å²) < 4.78 is 34.4. The third-order valence-corrected chi connectivity index (χ3v) is 18.7. The fourth-order valence-corrected chi connectivity index (χ4v) is 12.3. The van der Waals surface area contributed by atoms with Gasteiger partial charge in [-0.2, -0.15) is 0 Å². The summed E-state index contributed by atoms with van der Waals surface area (Å²) in [7, 11) is 1.17. The van der Waals surface area contributed by atoms with Gasteiger partial charge in [-0.3, -0.25) is 14.2 Å². The van der Waals surface area contributed by atoms with Crippen molar-refractivity contribution in [3.63, 3.8) is 0 Å². The van der Waals surface area contributed by atoms with Crippen LogP contribution in [-0.2, 0) is 32.7 Å². The van der Waals surface area contributed by atoms with E-state index in [2.05, 4.69) is 123 Å². The standard InChI is InChI=1S/C86H154NO8P/c1-6-8-10-12-14-16-18-20-22-24-26-28-30-32-34-36-38-40-41-42-43-44-45-47-48-50-52-54-56-58-60-62-64-66-68-70-72-74-76-78-85(88)92-82-84(83-94-96(90,91)93-81-80-87(3,4)5)95-86(89)79-77-75-73-71-69-67-65-63-61-59-57-55-53-51-49-46-39-37-35-33-31-29-27-25-23-21-19-17-15-13-11-9-7-2/h9,11,15,17-18,20-21,23-24,26-27,29,33,35,39,46,51,53,84H,6-8,10,12-14,16,19,22,25,28,30-32,34,36-38,40-45,47-50,52,54-83H2,1-5H3/b11-9-,17-15-,20-18-,23-21-,26-24-,29-27-,35-33-,46-39-,53-51-. The van der Waals surface area contributed by atoms with Crippen molar-refractivity contribution < 1.29 is 42.1 Å². The third-order valence-electron chi connectivity index (χ3n) is 17.8. The van der Waals surface area contributed by atoms with E-state index >= 15 is 0 Å². The SMILES string of the molecule is CC/C=C\C/C=C\C/C=C\C/C=C\C/C=C\C/C=C\C/C=C\CCCCCCCCCCCCCC(=O)OC(COC(=O)CCCCCCCCCCCCCCCCCCCCCCCCCCCCC/C=C\C/C=C\CCCCCCC)COP(=O)([O-])OCC[N+](C)(C)C. The highest BCUT2D eigenvalue weighted by Crippen LogP contribution is 2.38. The van der Waals surface area contributed by atoms with Gasteiger partial charge in [0.15, 0.2) is 6.10 Å². The highest BCUT2D eigenvalue weighted by molar-refractivity contribution is 7.45. The molecule has 0 bridgehead atoms. The molecule has 0 N–H and O–H groups in total. The fourth-order valence-electron chi connectivity index (χ4n) is 11.6. The smallest absolute Gasteiger partial charge is 0.306 e. The number of quaternary nitrogens is 1. The number of esters is 2. The Balaban J connectivity index is 3.95. The molecule has 10 heteroatoms. The van der Waals surface area contributed by atoms with E-state index in [1.165, 1.54) is 244 Å². The Morgan fingerprint density at radius 2 is 0.594 bits per heavy atom. The zero-order chi connectivity index (χ0) is 69.7. The molecular formula is C86H154NO8P. The lowest BCUT2D eigenvalue weighted by Crippen LogP contribution is -2.37. The number of unbranched alkanes of at least 4 members (excludes halogenated alkanes) is 43. The average molecular weight is 1360 g/mol. The number of rotatable bonds is 75. The summed E-state index contributed by atoms with van der Waals surface area (Å²) >= 11 is 0. The zero-order valence-electron chi connectivity index (χ0n) is 63.6. The topological polar surface area (TPSA) is 111 Å². The van der Waals surface area contributed by atoms with Crippen molar-refractivity contribution in [1.29, 1.82) is 0 Å². The molecule has 0 rings (SSSR count). The predicted octanol–water partition coefficient (Wildman–Crippen LogP) is 26.5. The molecule has 0 spiro atoms. The van der Waals surface area contributed by atoms with Crippen LogP contribution in [0.15, 0.2) is 109 Å². The molecule has 0 amide bonds. The number of hydrogen-bond acceptors (Lipinski definition) is 8. The van der Waals surface area contributed by atoms with Gasteiger partial charge in [-0.15, -0.1) is 0 Å². The molecule has 96 heavy (non-hydrogen) atoms. The van der Waals surface area contributed by atoms with Crippen LogP contribution in [0.3, 0.4) is 0 Å². The van der Waals surface area contributed by atoms with Crippen molar-refractivity contribution in [2.45, 2.75) is 380 Å². The second-order valence-corrected chi connectivity index (χ2v) is 29.8. The van der Waals surface area contributed by atoms with Gasteiger partial charge in [-0.1, -0.05) is 367 Å². The van der Waals surface area contributed by atoms with Crippen molar-refractivity contribution >= 4 is 19.8 Å². The summed E-state index contributed by atoms with van der Waals surface area (Å²) in [5.41, 5.74) is 0. The van der Waals surface area contributed by atoms with E-state index in [9.17, 15) is 19.0 Å². The molecule has 556 valence electrons. The van der Waals surface area contributed by atoms with Gasteiger partial charge in [0, 0.05) is 12.8 Å². The van der Waals surface area contributed by atoms with Crippen LogP contribution in [0.5, 0.6) is 0 Å². The van der Waals surface area contributed by atoms with Crippen LogP contribution in [-0.4, -0.2) is 70.0 Å². The van der Waals surface area contributed by atoms with Gasteiger partial charge >= 0.3 is 11.9 Å². The van der Waals surface area contributed by atoms with E-state index in [0.29, 0.717) is 17.4 Å². The van der Waals surface area contributed by atoms with E-state index in [4.69, 9.17) is 18.5 Å². The van der Waals surface area contributed by atoms with Gasteiger partial charge in [0.2, 0.25) is 0 Å². The summed E-state index contributed by atoms with van der Waals surface area (Å²) in [4.78, 5) is 38.2. The molecule has 0 saturated heterocycles. The molecule has 0 aliphatic carbocycles. The molecule has 2 unspecified atom stereocenters. The average Bonchev–Trinajstić information content (AvgIpc) is 1.48. The van der Waals surface area contributed by atoms with Gasteiger partial charge in [0.1, 0.15) is 19.8 Å². The van der Waals surface area contributed by atoms with Crippen molar-refractivity contribution in [3.8, 4) is 0 Å². The Morgan fingerprint density at radius 3 is 0.885 bits per heavy atom. The van der Waals surface area contributed by atoms with Gasteiger partial charge in [-0.25, -0.2) is 0 Å². The number of hydrogen-bond donors (Lipinski definition) is 0. The summed E-state index contributed by atoms with van der Waals surface area (Å²) in [6, 6.07) is 0. The highest BCUT2D eigenvalue weighted by Gasteiger charge is 2.22. The van der Waals surface area contributed by atoms with E-state index in [1.54, 1.807) is 0 Å². The largest absolute Gasteiger partial charge is 0.756 e. The summed E-state index contributed by atoms with van der Waals surface area (Å²) in [5.74, 6) is -0.825. The second-order valence-electron chi connectivity index (χ2n) is 28.4. The van der Waals surface area contributed by atoms with Crippen LogP contribution in [0, 0.1) is 0 Å². The van der Waals surface area contributed by atoms with Crippen molar-refractivity contribution in [2.24, 2.45) is 0 Å². The highest BCUT2D eigenvalue weighted by atomic mass is 31.2. The number of carbonyl (C=O) groups excluding carboxylic acids is 2. The number of allylic oxidation sites excluding steroid dienone is 18. The fraction of sp³-hybridized carbons (Fsp3) is 0.767. The summed E-state index contributed by atoms with van der Waals surface area (Å²) in [5, 5.41) is 0. The lowest BCUT2D eigenvalue weighted by molar-refractivity contribution is -0.870. The van der Waals surface area contributed by atoms with Crippen LogP contribution >= 0.6 is 7.82 Å². The van der Waals surface area contributed by atoms with Gasteiger partial charge in [0.25, 0.3) is 7.82 Å². The molecule has 0 aliphatic rings. The maximum absolute atomic E-state index is 12.9. The summed E-state index contributed by atoms with van der Waals surface area (Å²) in [6.45, 7) is 4.15. The molecule has 2 atom stereocenters. The molecule has 9 nitrogen and oxygen atoms in total. The number of phosphoric acid groups is 1. The lowest BCUT2D eigenvalue weighted by Gasteiger charge is -2.28. The van der Waals surface area contributed by atoms with Gasteiger partial charge in [-0.05, 0) is 103 Å². The number of carbonyl (C=O) groups is 2. The van der Waals surface area contributed by atoms with E-state index in [0.717, 1.165) is 96.3 Å². The Morgan fingerprint density at radius 1 is 0.333 bits per heavy atom. The number of nitrogens with zero attached hydrogens (tertiary/aromatic N) is 1. The van der Waals surface area contributed by atoms with E-state index < -0.39 is 26.5 Å². The molecule has 0 aromatic carbocycles. The quantitative estimate of drug-likeness (QED) is 0.0195. The molecule has 0 aromatic rings. The van der Waals surface area contributed by atoms with Gasteiger partial charge < -0.3 is 27.9 Å². The first kappa shape index (κ1) is 92.7. The van der Waals surface area contributed by atoms with E-state index in [1.807, 2.05) is 21.1 Å². The lowest BCUT2D eigenvalue weighted by atomic mass is 10.0. The van der Waals surface area contributed by atoms with Crippen LogP contribution in [0.4, 0.5) is 0 Å². The first-order valence-corrected chi connectivity index (χ1v) is 42.1. The molecule has 0 saturated carbocycles. The van der Waals surface area contributed by atoms with Crippen molar-refractivity contribution in [2.75, 3.05) is 47.5 Å². The van der Waals surface area contributed by atoms with Gasteiger partial charge in [0.05, 0.1) is 27.7 Å². The number of phosphoric ester groups is 1. The van der Waals surface area contributed by atoms with Crippen LogP contribution < -0.4 is 4.89 Å². The Hall–Kier alpha value is -3.33. The monoisotopic (exact) mass is 1360 g/mol. The van der Waals surface area contributed by atoms with Crippen LogP contribution in [0.1, 0.15) is 373 Å². The van der Waals surface area contributed by atoms with Crippen molar-refractivity contribution in [3.05, 3.63) is 109 Å². The van der Waals surface area contributed by atoms with Crippen LogP contribution in [0.25, 0.3) is 0 Å². The number of ether oxygens (including phenoxy) is 2. The van der Waals surface area contributed by atoms with E-state index in [-0.39, 0.29) is 32.0 Å². The zero-order valence-corrected chi connectivity index (χ0v) is 64.5. The Labute approximate surface area is 595 Å². The molecule has 0 radical (unpaired) electrons. The molecule has 0 heterocycles. The molecular weight excluding hydrogens is 1210 g/mol. The van der Waals surface area contributed by atoms with Crippen LogP contribution in [0.2, 0.25) is 0 Å². The Kier molecular flexibility index (Phi) is 73.2. The Bertz CT molecular complexity index is 1990. The minimum absolute atomic E-state index is 0.0337. The first-order valence-electron chi connectivity index (χ1n) is 40.6. The minimum atomic E-state index is -4.65. The summed E-state index contributed by atoms with van der Waals surface area (Å²) in [6.07, 6.45) is 108. The second kappa shape index (κ2) is 75.9. The number of likely N-dealkylation sites (N-methyl/N-ethyl adjacent to an activating group) is 1. The minimum Gasteiger partial charge on any atom is -0.756 e. The normalized spacial score (nSPS) is 13.6. The maximum atomic E-state index is 12.9. The third kappa shape index (κ3) is 79.7. The maximum Gasteiger partial charge on any atom is 0.306 e. The predicted molar refractivity (Wildman–Crippen MR) is 415 cm³/mol. The molecule has 0 fully saturated rings. The molecule has 0 aliphatic heterocycles. The first-order chi connectivity index (χ1) is 47.0.